The van der Waals surface area contributed by atoms with Crippen molar-refractivity contribution >= 4 is 23.0 Å². The predicted molar refractivity (Wildman–Crippen MR) is 99.5 cm³/mol. The third kappa shape index (κ3) is 6.08. The van der Waals surface area contributed by atoms with E-state index in [9.17, 15) is 9.18 Å². The van der Waals surface area contributed by atoms with Crippen LogP contribution >= 0.6 is 0 Å². The van der Waals surface area contributed by atoms with Gasteiger partial charge in [-0.3, -0.25) is 4.79 Å². The van der Waals surface area contributed by atoms with Crippen LogP contribution in [0.4, 0.5) is 21.5 Å². The van der Waals surface area contributed by atoms with Crippen LogP contribution in [0, 0.1) is 5.82 Å². The average molecular weight is 345 g/mol. The van der Waals surface area contributed by atoms with Gasteiger partial charge in [0.2, 0.25) is 5.91 Å². The zero-order chi connectivity index (χ0) is 18.2. The van der Waals surface area contributed by atoms with E-state index in [2.05, 4.69) is 10.6 Å². The highest BCUT2D eigenvalue weighted by atomic mass is 19.1. The molecular weight excluding hydrogens is 321 g/mol. The molecule has 0 heterocycles. The Morgan fingerprint density at radius 1 is 1.20 bits per heavy atom. The van der Waals surface area contributed by atoms with Gasteiger partial charge in [-0.1, -0.05) is 6.07 Å². The van der Waals surface area contributed by atoms with Crippen LogP contribution in [-0.2, 0) is 4.79 Å². The van der Waals surface area contributed by atoms with Crippen molar-refractivity contribution in [3.05, 3.63) is 54.3 Å². The molecule has 0 aliphatic rings. The van der Waals surface area contributed by atoms with Crippen molar-refractivity contribution in [2.75, 3.05) is 35.7 Å². The minimum absolute atomic E-state index is 0.0745. The number of aliphatic hydroxyl groups is 1. The van der Waals surface area contributed by atoms with E-state index in [-0.39, 0.29) is 30.8 Å². The van der Waals surface area contributed by atoms with Crippen molar-refractivity contribution in [3.8, 4) is 0 Å². The quantitative estimate of drug-likeness (QED) is 0.688. The first-order valence-electron chi connectivity index (χ1n) is 8.22. The number of hydrogen-bond donors (Lipinski definition) is 3. The van der Waals surface area contributed by atoms with Gasteiger partial charge in [-0.05, 0) is 49.4 Å². The summed E-state index contributed by atoms with van der Waals surface area (Å²) in [4.78, 5) is 14.0. The monoisotopic (exact) mass is 345 g/mol. The molecule has 0 spiro atoms. The molecule has 1 amide bonds. The third-order valence-electron chi connectivity index (χ3n) is 3.76. The summed E-state index contributed by atoms with van der Waals surface area (Å²) in [6.07, 6.45) is 0.267. The maximum Gasteiger partial charge on any atom is 0.226 e. The number of benzene rings is 2. The van der Waals surface area contributed by atoms with Crippen molar-refractivity contribution in [1.82, 2.24) is 0 Å². The molecule has 0 aromatic heterocycles. The number of halogens is 1. The molecule has 2 aromatic rings. The summed E-state index contributed by atoms with van der Waals surface area (Å²) < 4.78 is 13.1. The molecule has 0 bridgehead atoms. The SMILES string of the molecule is CC(CC(=O)Nc1cccc(F)c1)Nc1ccc(N(C)CCO)cc1. The second kappa shape index (κ2) is 9.03. The van der Waals surface area contributed by atoms with Gasteiger partial charge in [0, 0.05) is 43.1 Å². The van der Waals surface area contributed by atoms with Crippen LogP contribution in [0.2, 0.25) is 0 Å². The summed E-state index contributed by atoms with van der Waals surface area (Å²) >= 11 is 0. The van der Waals surface area contributed by atoms with Gasteiger partial charge in [-0.2, -0.15) is 0 Å². The van der Waals surface area contributed by atoms with Gasteiger partial charge >= 0.3 is 0 Å². The van der Waals surface area contributed by atoms with Crippen LogP contribution < -0.4 is 15.5 Å². The first-order chi connectivity index (χ1) is 12.0. The first kappa shape index (κ1) is 18.7. The molecule has 0 saturated heterocycles. The van der Waals surface area contributed by atoms with Gasteiger partial charge in [-0.25, -0.2) is 4.39 Å². The Balaban J connectivity index is 1.85. The molecule has 3 N–H and O–H groups in total. The number of anilines is 3. The highest BCUT2D eigenvalue weighted by Gasteiger charge is 2.10. The summed E-state index contributed by atoms with van der Waals surface area (Å²) in [5.74, 6) is -0.555. The summed E-state index contributed by atoms with van der Waals surface area (Å²) in [6, 6.07) is 13.5. The smallest absolute Gasteiger partial charge is 0.226 e. The molecule has 25 heavy (non-hydrogen) atoms. The molecule has 0 aliphatic carbocycles. The minimum atomic E-state index is -0.379. The second-order valence-electron chi connectivity index (χ2n) is 6.00. The topological polar surface area (TPSA) is 64.6 Å². The van der Waals surface area contributed by atoms with E-state index in [1.807, 2.05) is 43.1 Å². The molecule has 0 radical (unpaired) electrons. The predicted octanol–water partition coefficient (Wildman–Crippen LogP) is 3.08. The molecule has 5 nitrogen and oxygen atoms in total. The lowest BCUT2D eigenvalue weighted by atomic mass is 10.2. The Kier molecular flexibility index (Phi) is 6.77. The fourth-order valence-corrected chi connectivity index (χ4v) is 2.48. The molecule has 0 fully saturated rings. The normalized spacial score (nSPS) is 11.7. The third-order valence-corrected chi connectivity index (χ3v) is 3.76. The fourth-order valence-electron chi connectivity index (χ4n) is 2.48. The number of likely N-dealkylation sites (N-methyl/N-ethyl adjacent to an activating group) is 1. The zero-order valence-corrected chi connectivity index (χ0v) is 14.5. The number of carbonyl (C=O) groups excluding carboxylic acids is 1. The van der Waals surface area contributed by atoms with E-state index in [4.69, 9.17) is 5.11 Å². The van der Waals surface area contributed by atoms with Crippen molar-refractivity contribution < 1.29 is 14.3 Å². The van der Waals surface area contributed by atoms with Gasteiger partial charge in [0.15, 0.2) is 0 Å². The molecule has 1 unspecified atom stereocenters. The minimum Gasteiger partial charge on any atom is -0.395 e. The molecule has 0 aliphatic heterocycles. The second-order valence-corrected chi connectivity index (χ2v) is 6.00. The van der Waals surface area contributed by atoms with E-state index in [0.29, 0.717) is 12.2 Å². The van der Waals surface area contributed by atoms with Crippen LogP contribution in [-0.4, -0.2) is 37.3 Å². The van der Waals surface area contributed by atoms with E-state index < -0.39 is 0 Å². The molecule has 2 rings (SSSR count). The van der Waals surface area contributed by atoms with Crippen molar-refractivity contribution in [2.24, 2.45) is 0 Å². The first-order valence-corrected chi connectivity index (χ1v) is 8.22. The van der Waals surface area contributed by atoms with Gasteiger partial charge < -0.3 is 20.6 Å². The van der Waals surface area contributed by atoms with Crippen molar-refractivity contribution in [1.29, 1.82) is 0 Å². The lowest BCUT2D eigenvalue weighted by molar-refractivity contribution is -0.116. The van der Waals surface area contributed by atoms with Gasteiger partial charge in [0.25, 0.3) is 0 Å². The Bertz CT molecular complexity index is 691. The zero-order valence-electron chi connectivity index (χ0n) is 14.5. The number of nitrogens with zero attached hydrogens (tertiary/aromatic N) is 1. The molecule has 2 aromatic carbocycles. The van der Waals surface area contributed by atoms with Gasteiger partial charge in [-0.15, -0.1) is 0 Å². The highest BCUT2D eigenvalue weighted by molar-refractivity contribution is 5.91. The number of hydrogen-bond acceptors (Lipinski definition) is 4. The molecular formula is C19H24FN3O2. The van der Waals surface area contributed by atoms with Gasteiger partial charge in [0.05, 0.1) is 6.61 Å². The Morgan fingerprint density at radius 3 is 2.56 bits per heavy atom. The summed E-state index contributed by atoms with van der Waals surface area (Å²) in [6.45, 7) is 2.59. The Labute approximate surface area is 147 Å². The summed E-state index contributed by atoms with van der Waals surface area (Å²) in [5.41, 5.74) is 2.37. The van der Waals surface area contributed by atoms with E-state index in [0.717, 1.165) is 11.4 Å². The number of rotatable bonds is 8. The molecule has 0 saturated carbocycles. The number of nitrogens with one attached hydrogen (secondary N) is 2. The molecule has 134 valence electrons. The van der Waals surface area contributed by atoms with Crippen molar-refractivity contribution in [2.45, 2.75) is 19.4 Å². The van der Waals surface area contributed by atoms with Crippen molar-refractivity contribution in [3.63, 3.8) is 0 Å². The summed E-state index contributed by atoms with van der Waals surface area (Å²) in [7, 11) is 1.91. The standard InChI is InChI=1S/C19H24FN3O2/c1-14(12-19(25)22-17-5-3-4-15(20)13-17)21-16-6-8-18(9-7-16)23(2)10-11-24/h3-9,13-14,21,24H,10-12H2,1-2H3,(H,22,25). The van der Waals surface area contributed by atoms with E-state index in [1.165, 1.54) is 12.1 Å². The fraction of sp³-hybridized carbons (Fsp3) is 0.316. The highest BCUT2D eigenvalue weighted by Crippen LogP contribution is 2.18. The Morgan fingerprint density at radius 2 is 1.92 bits per heavy atom. The largest absolute Gasteiger partial charge is 0.395 e. The lowest BCUT2D eigenvalue weighted by Crippen LogP contribution is -2.24. The number of carbonyl (C=O) groups is 1. The van der Waals surface area contributed by atoms with Crippen LogP contribution in [0.25, 0.3) is 0 Å². The van der Waals surface area contributed by atoms with Crippen LogP contribution in [0.15, 0.2) is 48.5 Å². The van der Waals surface area contributed by atoms with Crippen LogP contribution in [0.3, 0.4) is 0 Å². The number of amides is 1. The molecule has 6 heteroatoms. The Hall–Kier alpha value is -2.60. The van der Waals surface area contributed by atoms with Gasteiger partial charge in [0.1, 0.15) is 5.82 Å². The van der Waals surface area contributed by atoms with E-state index >= 15 is 0 Å². The lowest BCUT2D eigenvalue weighted by Gasteiger charge is -2.19. The average Bonchev–Trinajstić information content (AvgIpc) is 2.55. The molecule has 1 atom stereocenters. The number of aliphatic hydroxyl groups excluding tert-OH is 1. The maximum absolute atomic E-state index is 13.1. The van der Waals surface area contributed by atoms with E-state index in [1.54, 1.807) is 12.1 Å². The summed E-state index contributed by atoms with van der Waals surface area (Å²) in [5, 5.41) is 14.9. The maximum atomic E-state index is 13.1. The van der Waals surface area contributed by atoms with Crippen LogP contribution in [0.5, 0.6) is 0 Å². The van der Waals surface area contributed by atoms with Crippen LogP contribution in [0.1, 0.15) is 13.3 Å².